The molecule has 1 spiro atoms. The Hall–Kier alpha value is -0.930. The first-order valence-electron chi connectivity index (χ1n) is 7.48. The summed E-state index contributed by atoms with van der Waals surface area (Å²) in [5.41, 5.74) is 3.04. The van der Waals surface area contributed by atoms with Crippen LogP contribution in [0.25, 0.3) is 0 Å². The van der Waals surface area contributed by atoms with E-state index in [-0.39, 0.29) is 0 Å². The van der Waals surface area contributed by atoms with Crippen molar-refractivity contribution in [3.05, 3.63) is 29.6 Å². The van der Waals surface area contributed by atoms with E-state index in [1.165, 1.54) is 51.0 Å². The molecular formula is C16H25N3. The summed E-state index contributed by atoms with van der Waals surface area (Å²) in [6, 6.07) is 4.34. The van der Waals surface area contributed by atoms with Crippen molar-refractivity contribution in [2.45, 2.75) is 32.7 Å². The lowest BCUT2D eigenvalue weighted by molar-refractivity contribution is 0.112. The second kappa shape index (κ2) is 5.22. The van der Waals surface area contributed by atoms with E-state index in [0.29, 0.717) is 5.41 Å². The first-order chi connectivity index (χ1) is 9.15. The minimum absolute atomic E-state index is 0.575. The zero-order chi connectivity index (χ0) is 13.3. The Morgan fingerprint density at radius 2 is 2.11 bits per heavy atom. The van der Waals surface area contributed by atoms with E-state index in [0.717, 1.165) is 12.2 Å². The molecule has 0 aliphatic carbocycles. The lowest BCUT2D eigenvalue weighted by atomic mass is 9.79. The quantitative estimate of drug-likeness (QED) is 0.812. The van der Waals surface area contributed by atoms with Crippen LogP contribution in [0.1, 0.15) is 30.5 Å². The van der Waals surface area contributed by atoms with E-state index < -0.39 is 0 Å². The second-order valence-corrected chi connectivity index (χ2v) is 6.61. The monoisotopic (exact) mass is 259 g/mol. The lowest BCUT2D eigenvalue weighted by Gasteiger charge is -2.38. The molecule has 0 bridgehead atoms. The first kappa shape index (κ1) is 13.1. The van der Waals surface area contributed by atoms with Crippen molar-refractivity contribution in [3.8, 4) is 0 Å². The summed E-state index contributed by atoms with van der Waals surface area (Å²) in [5, 5.41) is 0. The van der Waals surface area contributed by atoms with Crippen molar-refractivity contribution in [2.24, 2.45) is 5.41 Å². The third-order valence-electron chi connectivity index (χ3n) is 4.75. The van der Waals surface area contributed by atoms with Crippen LogP contribution < -0.4 is 0 Å². The zero-order valence-electron chi connectivity index (χ0n) is 12.2. The van der Waals surface area contributed by atoms with Crippen molar-refractivity contribution in [1.82, 2.24) is 14.8 Å². The molecule has 2 aliphatic rings. The minimum atomic E-state index is 0.575. The maximum absolute atomic E-state index is 4.40. The van der Waals surface area contributed by atoms with Gasteiger partial charge in [-0.2, -0.15) is 0 Å². The van der Waals surface area contributed by atoms with E-state index in [4.69, 9.17) is 0 Å². The topological polar surface area (TPSA) is 19.4 Å². The van der Waals surface area contributed by atoms with Crippen molar-refractivity contribution < 1.29 is 0 Å². The van der Waals surface area contributed by atoms with Gasteiger partial charge in [0.25, 0.3) is 0 Å². The average Bonchev–Trinajstić information content (AvgIpc) is 2.75. The van der Waals surface area contributed by atoms with Gasteiger partial charge in [-0.3, -0.25) is 9.88 Å². The van der Waals surface area contributed by atoms with Gasteiger partial charge in [0, 0.05) is 31.5 Å². The Balaban J connectivity index is 1.61. The zero-order valence-corrected chi connectivity index (χ0v) is 12.2. The molecule has 0 amide bonds. The van der Waals surface area contributed by atoms with Crippen LogP contribution in [0.3, 0.4) is 0 Å². The van der Waals surface area contributed by atoms with Crippen LogP contribution >= 0.6 is 0 Å². The Morgan fingerprint density at radius 3 is 2.84 bits per heavy atom. The maximum atomic E-state index is 4.40. The standard InChI is InChI=1S/C16H25N3/c1-14-4-5-15(10-17-14)11-19-9-7-16(13-19)6-3-8-18(2)12-16/h4-5,10H,3,6-9,11-13H2,1-2H3. The molecule has 0 saturated carbocycles. The van der Waals surface area contributed by atoms with Gasteiger partial charge in [-0.05, 0) is 63.4 Å². The molecule has 104 valence electrons. The summed E-state index contributed by atoms with van der Waals surface area (Å²) in [5.74, 6) is 0. The van der Waals surface area contributed by atoms with Gasteiger partial charge in [0.2, 0.25) is 0 Å². The predicted molar refractivity (Wildman–Crippen MR) is 78.0 cm³/mol. The molecule has 0 N–H and O–H groups in total. The molecule has 1 aromatic rings. The van der Waals surface area contributed by atoms with E-state index in [2.05, 4.69) is 34.0 Å². The number of pyridine rings is 1. The van der Waals surface area contributed by atoms with Gasteiger partial charge in [0.15, 0.2) is 0 Å². The highest BCUT2D eigenvalue weighted by atomic mass is 15.2. The van der Waals surface area contributed by atoms with Gasteiger partial charge in [-0.15, -0.1) is 0 Å². The number of hydrogen-bond donors (Lipinski definition) is 0. The van der Waals surface area contributed by atoms with Gasteiger partial charge in [-0.1, -0.05) is 6.07 Å². The van der Waals surface area contributed by atoms with Crippen LogP contribution in [0, 0.1) is 12.3 Å². The van der Waals surface area contributed by atoms with E-state index in [1.54, 1.807) is 0 Å². The number of aromatic nitrogens is 1. The number of rotatable bonds is 2. The summed E-state index contributed by atoms with van der Waals surface area (Å²) < 4.78 is 0. The van der Waals surface area contributed by atoms with Gasteiger partial charge < -0.3 is 4.90 Å². The third-order valence-corrected chi connectivity index (χ3v) is 4.75. The number of likely N-dealkylation sites (tertiary alicyclic amines) is 2. The third kappa shape index (κ3) is 2.98. The van der Waals surface area contributed by atoms with Crippen LogP contribution in [0.2, 0.25) is 0 Å². The molecule has 3 heteroatoms. The first-order valence-corrected chi connectivity index (χ1v) is 7.48. The van der Waals surface area contributed by atoms with E-state index in [1.807, 2.05) is 13.1 Å². The molecule has 0 aromatic carbocycles. The van der Waals surface area contributed by atoms with Crippen LogP contribution in [-0.4, -0.2) is 48.0 Å². The fourth-order valence-corrected chi connectivity index (χ4v) is 3.80. The summed E-state index contributed by atoms with van der Waals surface area (Å²) in [4.78, 5) is 9.53. The van der Waals surface area contributed by atoms with Gasteiger partial charge >= 0.3 is 0 Å². The van der Waals surface area contributed by atoms with Crippen LogP contribution in [0.4, 0.5) is 0 Å². The van der Waals surface area contributed by atoms with Gasteiger partial charge in [0.05, 0.1) is 0 Å². The maximum Gasteiger partial charge on any atom is 0.0372 e. The molecule has 2 saturated heterocycles. The molecule has 2 fully saturated rings. The Morgan fingerprint density at radius 1 is 1.21 bits per heavy atom. The number of hydrogen-bond acceptors (Lipinski definition) is 3. The Bertz CT molecular complexity index is 428. The molecule has 1 atom stereocenters. The molecule has 3 heterocycles. The second-order valence-electron chi connectivity index (χ2n) is 6.61. The van der Waals surface area contributed by atoms with Crippen molar-refractivity contribution >= 4 is 0 Å². The smallest absolute Gasteiger partial charge is 0.0372 e. The highest BCUT2D eigenvalue weighted by Gasteiger charge is 2.40. The summed E-state index contributed by atoms with van der Waals surface area (Å²) >= 11 is 0. The van der Waals surface area contributed by atoms with Gasteiger partial charge in [-0.25, -0.2) is 0 Å². The Labute approximate surface area is 116 Å². The summed E-state index contributed by atoms with van der Waals surface area (Å²) in [6.07, 6.45) is 6.19. The summed E-state index contributed by atoms with van der Waals surface area (Å²) in [7, 11) is 2.27. The normalized spacial score (nSPS) is 29.2. The Kier molecular flexibility index (Phi) is 3.59. The van der Waals surface area contributed by atoms with E-state index in [9.17, 15) is 0 Å². The predicted octanol–water partition coefficient (Wildman–Crippen LogP) is 2.31. The van der Waals surface area contributed by atoms with Crippen molar-refractivity contribution in [1.29, 1.82) is 0 Å². The highest BCUT2D eigenvalue weighted by molar-refractivity contribution is 5.13. The fraction of sp³-hybridized carbons (Fsp3) is 0.688. The highest BCUT2D eigenvalue weighted by Crippen LogP contribution is 2.38. The average molecular weight is 259 g/mol. The molecule has 3 nitrogen and oxygen atoms in total. The van der Waals surface area contributed by atoms with Gasteiger partial charge in [0.1, 0.15) is 0 Å². The molecule has 2 aliphatic heterocycles. The molecule has 3 rings (SSSR count). The van der Waals surface area contributed by atoms with Crippen molar-refractivity contribution in [2.75, 3.05) is 33.2 Å². The fourth-order valence-electron chi connectivity index (χ4n) is 3.80. The largest absolute Gasteiger partial charge is 0.306 e. The van der Waals surface area contributed by atoms with E-state index >= 15 is 0 Å². The van der Waals surface area contributed by atoms with Crippen LogP contribution in [0.5, 0.6) is 0 Å². The lowest BCUT2D eigenvalue weighted by Crippen LogP contribution is -2.42. The molecular weight excluding hydrogens is 234 g/mol. The summed E-state index contributed by atoms with van der Waals surface area (Å²) in [6.45, 7) is 8.21. The van der Waals surface area contributed by atoms with Crippen LogP contribution in [0.15, 0.2) is 18.3 Å². The number of piperidine rings is 1. The van der Waals surface area contributed by atoms with Crippen molar-refractivity contribution in [3.63, 3.8) is 0 Å². The molecule has 1 unspecified atom stereocenters. The minimum Gasteiger partial charge on any atom is -0.306 e. The number of aryl methyl sites for hydroxylation is 1. The SMILES string of the molecule is Cc1ccc(CN2CCC3(CCCN(C)C3)C2)cn1. The number of nitrogens with zero attached hydrogens (tertiary/aromatic N) is 3. The molecule has 1 aromatic heterocycles. The van der Waals surface area contributed by atoms with Crippen LogP contribution in [-0.2, 0) is 6.54 Å². The molecule has 19 heavy (non-hydrogen) atoms. The molecule has 0 radical (unpaired) electrons.